The van der Waals surface area contributed by atoms with Crippen LogP contribution in [0.15, 0.2) is 23.4 Å². The molecular weight excluding hydrogens is 190 g/mol. The summed E-state index contributed by atoms with van der Waals surface area (Å²) >= 11 is 0. The van der Waals surface area contributed by atoms with Crippen LogP contribution in [0.1, 0.15) is 37.8 Å². The third kappa shape index (κ3) is 1.69. The molecule has 0 unspecified atom stereocenters. The summed E-state index contributed by atoms with van der Waals surface area (Å²) in [6, 6.07) is 5.52. The fraction of sp³-hybridized carbons (Fsp3) is 0.417. The van der Waals surface area contributed by atoms with Crippen molar-refractivity contribution in [3.63, 3.8) is 0 Å². The van der Waals surface area contributed by atoms with Gasteiger partial charge in [-0.05, 0) is 42.9 Å². The van der Waals surface area contributed by atoms with Crippen molar-refractivity contribution in [3.05, 3.63) is 29.3 Å². The van der Waals surface area contributed by atoms with Crippen LogP contribution >= 0.6 is 0 Å². The molecule has 0 bridgehead atoms. The molecule has 0 spiro atoms. The second-order valence-corrected chi connectivity index (χ2v) is 4.48. The minimum atomic E-state index is 0.165. The van der Waals surface area contributed by atoms with E-state index >= 15 is 0 Å². The Morgan fingerprint density at radius 3 is 2.60 bits per heavy atom. The van der Waals surface area contributed by atoms with Crippen LogP contribution in [-0.4, -0.2) is 16.0 Å². The van der Waals surface area contributed by atoms with Crippen molar-refractivity contribution in [2.75, 3.05) is 0 Å². The van der Waals surface area contributed by atoms with Crippen molar-refractivity contribution < 1.29 is 10.3 Å². The molecule has 0 amide bonds. The van der Waals surface area contributed by atoms with E-state index in [4.69, 9.17) is 5.21 Å². The predicted molar refractivity (Wildman–Crippen MR) is 58.7 cm³/mol. The van der Waals surface area contributed by atoms with E-state index in [0.717, 1.165) is 0 Å². The van der Waals surface area contributed by atoms with E-state index in [1.807, 2.05) is 12.1 Å². The molecule has 1 fully saturated rings. The Morgan fingerprint density at radius 2 is 2.07 bits per heavy atom. The quantitative estimate of drug-likeness (QED) is 0.443. The summed E-state index contributed by atoms with van der Waals surface area (Å²) < 4.78 is 0. The lowest BCUT2D eigenvalue weighted by atomic mass is 9.95. The molecule has 2 N–H and O–H groups in total. The highest BCUT2D eigenvalue weighted by Crippen LogP contribution is 2.48. The van der Waals surface area contributed by atoms with Crippen LogP contribution in [-0.2, 0) is 5.41 Å². The molecular formula is C12H15NO2. The molecule has 1 aliphatic rings. The van der Waals surface area contributed by atoms with Gasteiger partial charge < -0.3 is 10.3 Å². The number of nitrogens with zero attached hydrogens (tertiary/aromatic N) is 1. The molecule has 1 aromatic rings. The van der Waals surface area contributed by atoms with Crippen molar-refractivity contribution in [1.82, 2.24) is 0 Å². The minimum absolute atomic E-state index is 0.165. The van der Waals surface area contributed by atoms with Gasteiger partial charge in [-0.15, -0.1) is 0 Å². The number of hydrogen-bond donors (Lipinski definition) is 2. The van der Waals surface area contributed by atoms with Crippen LogP contribution in [0.4, 0.5) is 0 Å². The van der Waals surface area contributed by atoms with E-state index < -0.39 is 0 Å². The van der Waals surface area contributed by atoms with Crippen molar-refractivity contribution in [3.8, 4) is 5.75 Å². The van der Waals surface area contributed by atoms with Gasteiger partial charge in [0.25, 0.3) is 0 Å². The first kappa shape index (κ1) is 10.0. The molecule has 3 heteroatoms. The Hall–Kier alpha value is -1.51. The maximum atomic E-state index is 9.63. The van der Waals surface area contributed by atoms with Crippen LogP contribution in [0.25, 0.3) is 0 Å². The monoisotopic (exact) mass is 205 g/mol. The second-order valence-electron chi connectivity index (χ2n) is 4.48. The number of phenolic OH excluding ortho intramolecular Hbond substituents is 1. The van der Waals surface area contributed by atoms with Gasteiger partial charge in [0.15, 0.2) is 0 Å². The van der Waals surface area contributed by atoms with E-state index in [1.54, 1.807) is 13.0 Å². The smallest absolute Gasteiger partial charge is 0.124 e. The summed E-state index contributed by atoms with van der Waals surface area (Å²) in [5, 5.41) is 21.4. The van der Waals surface area contributed by atoms with Crippen molar-refractivity contribution in [2.45, 2.75) is 32.1 Å². The topological polar surface area (TPSA) is 52.8 Å². The standard InChI is InChI=1S/C12H15NO2/c1-8(13-15)10-7-9(3-4-11(10)14)12(2)5-6-12/h3-4,7,14-15H,5-6H2,1-2H3/b13-8+. The highest BCUT2D eigenvalue weighted by Gasteiger charge is 2.39. The molecule has 1 aromatic carbocycles. The van der Waals surface area contributed by atoms with Gasteiger partial charge in [-0.1, -0.05) is 18.1 Å². The molecule has 0 heterocycles. The Labute approximate surface area is 89.1 Å². The number of phenols is 1. The summed E-state index contributed by atoms with van der Waals surface area (Å²) in [5.41, 5.74) is 2.53. The average Bonchev–Trinajstić information content (AvgIpc) is 2.97. The highest BCUT2D eigenvalue weighted by atomic mass is 16.4. The van der Waals surface area contributed by atoms with Gasteiger partial charge in [-0.25, -0.2) is 0 Å². The first-order valence-corrected chi connectivity index (χ1v) is 5.09. The van der Waals surface area contributed by atoms with Crippen LogP contribution in [0, 0.1) is 0 Å². The minimum Gasteiger partial charge on any atom is -0.507 e. The number of aromatic hydroxyl groups is 1. The van der Waals surface area contributed by atoms with Gasteiger partial charge in [0.1, 0.15) is 5.75 Å². The van der Waals surface area contributed by atoms with Crippen molar-refractivity contribution in [2.24, 2.45) is 5.16 Å². The molecule has 80 valence electrons. The molecule has 0 aliphatic heterocycles. The Bertz CT molecular complexity index is 420. The van der Waals surface area contributed by atoms with E-state index in [-0.39, 0.29) is 11.2 Å². The predicted octanol–water partition coefficient (Wildman–Crippen LogP) is 2.64. The highest BCUT2D eigenvalue weighted by molar-refractivity contribution is 6.00. The molecule has 0 saturated heterocycles. The number of rotatable bonds is 2. The largest absolute Gasteiger partial charge is 0.507 e. The maximum absolute atomic E-state index is 9.63. The Kier molecular flexibility index (Phi) is 2.18. The molecule has 0 atom stereocenters. The summed E-state index contributed by atoms with van der Waals surface area (Å²) in [6.45, 7) is 3.88. The van der Waals surface area contributed by atoms with Crippen LogP contribution in [0.3, 0.4) is 0 Å². The number of oxime groups is 1. The summed E-state index contributed by atoms with van der Waals surface area (Å²) in [6.07, 6.45) is 2.37. The summed E-state index contributed by atoms with van der Waals surface area (Å²) in [7, 11) is 0. The summed E-state index contributed by atoms with van der Waals surface area (Å²) in [5.74, 6) is 0.165. The fourth-order valence-corrected chi connectivity index (χ4v) is 1.73. The number of hydrogen-bond acceptors (Lipinski definition) is 3. The molecule has 15 heavy (non-hydrogen) atoms. The number of benzene rings is 1. The van der Waals surface area contributed by atoms with Crippen LogP contribution in [0.2, 0.25) is 0 Å². The van der Waals surface area contributed by atoms with E-state index in [2.05, 4.69) is 12.1 Å². The van der Waals surface area contributed by atoms with E-state index in [9.17, 15) is 5.11 Å². The molecule has 0 radical (unpaired) electrons. The molecule has 1 aliphatic carbocycles. The molecule has 1 saturated carbocycles. The maximum Gasteiger partial charge on any atom is 0.124 e. The van der Waals surface area contributed by atoms with Crippen LogP contribution in [0.5, 0.6) is 5.75 Å². The zero-order valence-corrected chi connectivity index (χ0v) is 8.99. The van der Waals surface area contributed by atoms with Crippen LogP contribution < -0.4 is 0 Å². The first-order valence-electron chi connectivity index (χ1n) is 5.09. The van der Waals surface area contributed by atoms with Gasteiger partial charge in [0.05, 0.1) is 5.71 Å². The van der Waals surface area contributed by atoms with Gasteiger partial charge in [-0.3, -0.25) is 0 Å². The third-order valence-electron chi connectivity index (χ3n) is 3.23. The fourth-order valence-electron chi connectivity index (χ4n) is 1.73. The lowest BCUT2D eigenvalue weighted by molar-refractivity contribution is 0.318. The van der Waals surface area contributed by atoms with Gasteiger partial charge in [0.2, 0.25) is 0 Å². The zero-order chi connectivity index (χ0) is 11.1. The van der Waals surface area contributed by atoms with Crippen molar-refractivity contribution in [1.29, 1.82) is 0 Å². The van der Waals surface area contributed by atoms with Gasteiger partial charge in [0, 0.05) is 5.56 Å². The normalized spacial score (nSPS) is 18.9. The van der Waals surface area contributed by atoms with E-state index in [1.165, 1.54) is 18.4 Å². The molecule has 2 rings (SSSR count). The van der Waals surface area contributed by atoms with E-state index in [0.29, 0.717) is 11.3 Å². The summed E-state index contributed by atoms with van der Waals surface area (Å²) in [4.78, 5) is 0. The lowest BCUT2D eigenvalue weighted by Gasteiger charge is -2.11. The lowest BCUT2D eigenvalue weighted by Crippen LogP contribution is -2.03. The zero-order valence-electron chi connectivity index (χ0n) is 8.99. The second kappa shape index (κ2) is 3.26. The Morgan fingerprint density at radius 1 is 1.40 bits per heavy atom. The van der Waals surface area contributed by atoms with Gasteiger partial charge in [-0.2, -0.15) is 0 Å². The first-order chi connectivity index (χ1) is 7.07. The van der Waals surface area contributed by atoms with Gasteiger partial charge >= 0.3 is 0 Å². The Balaban J connectivity index is 2.46. The molecule has 0 aromatic heterocycles. The average molecular weight is 205 g/mol. The third-order valence-corrected chi connectivity index (χ3v) is 3.23. The molecule has 3 nitrogen and oxygen atoms in total. The SMILES string of the molecule is C/C(=N\O)c1cc(C2(C)CC2)ccc1O. The van der Waals surface area contributed by atoms with Crippen molar-refractivity contribution >= 4 is 5.71 Å².